The summed E-state index contributed by atoms with van der Waals surface area (Å²) < 4.78 is 0. The fraction of sp³-hybridized carbons (Fsp3) is 0.450. The summed E-state index contributed by atoms with van der Waals surface area (Å²) in [4.78, 5) is 8.68. The van der Waals surface area contributed by atoms with E-state index in [9.17, 15) is 5.11 Å². The third-order valence-electron chi connectivity index (χ3n) is 4.78. The lowest BCUT2D eigenvalue weighted by Gasteiger charge is -2.37. The number of aryl methyl sites for hydroxylation is 1. The fourth-order valence-corrected chi connectivity index (χ4v) is 4.67. The molecule has 0 spiro atoms. The summed E-state index contributed by atoms with van der Waals surface area (Å²) in [7, 11) is 0. The number of nitrogens with one attached hydrogen (secondary N) is 2. The minimum atomic E-state index is -0.676. The van der Waals surface area contributed by atoms with Crippen LogP contribution in [0.3, 0.4) is 0 Å². The molecule has 3 heterocycles. The molecule has 0 aliphatic carbocycles. The van der Waals surface area contributed by atoms with Gasteiger partial charge in [-0.1, -0.05) is 12.1 Å². The van der Waals surface area contributed by atoms with Crippen LogP contribution in [0.1, 0.15) is 30.7 Å². The predicted molar refractivity (Wildman–Crippen MR) is 109 cm³/mol. The Morgan fingerprint density at radius 2 is 2.15 bits per heavy atom. The summed E-state index contributed by atoms with van der Waals surface area (Å²) in [6, 6.07) is 10.7. The lowest BCUT2D eigenvalue weighted by atomic mass is 9.97. The standard InChI is InChI=1S/C20H26N4OS/c1-13-10-15-18(24-9-8-21-14(12-24)11-20(2,3)25)22-16-6-4-5-7-17(16)23-19(15)26-13/h4-7,10,14,21,23,25H,8-9,11-12H2,1-3H3. The Hall–Kier alpha value is -1.89. The molecule has 1 unspecified atom stereocenters. The molecule has 1 atom stereocenters. The quantitative estimate of drug-likeness (QED) is 0.756. The van der Waals surface area contributed by atoms with E-state index in [1.165, 1.54) is 10.4 Å². The number of aliphatic hydroxyl groups is 1. The number of benzene rings is 1. The zero-order valence-corrected chi connectivity index (χ0v) is 16.4. The number of rotatable bonds is 2. The van der Waals surface area contributed by atoms with Gasteiger partial charge in [0.2, 0.25) is 0 Å². The first-order chi connectivity index (χ1) is 12.4. The van der Waals surface area contributed by atoms with Crippen molar-refractivity contribution >= 4 is 33.5 Å². The molecule has 4 rings (SSSR count). The summed E-state index contributed by atoms with van der Waals surface area (Å²) >= 11 is 1.77. The third-order valence-corrected chi connectivity index (χ3v) is 5.74. The lowest BCUT2D eigenvalue weighted by molar-refractivity contribution is 0.0524. The minimum Gasteiger partial charge on any atom is -0.390 e. The van der Waals surface area contributed by atoms with Crippen LogP contribution < -0.4 is 10.6 Å². The van der Waals surface area contributed by atoms with Gasteiger partial charge in [0, 0.05) is 30.6 Å². The molecular formula is C20H26N4OS. The van der Waals surface area contributed by atoms with Crippen LogP contribution in [0.15, 0.2) is 35.3 Å². The number of thiophene rings is 1. The van der Waals surface area contributed by atoms with Gasteiger partial charge in [0.05, 0.1) is 22.5 Å². The van der Waals surface area contributed by atoms with Gasteiger partial charge in [-0.15, -0.1) is 11.3 Å². The number of aliphatic imine (C=N–C) groups is 1. The maximum atomic E-state index is 10.2. The van der Waals surface area contributed by atoms with Gasteiger partial charge < -0.3 is 20.6 Å². The zero-order chi connectivity index (χ0) is 18.3. The molecule has 0 radical (unpaired) electrons. The Bertz CT molecular complexity index is 837. The summed E-state index contributed by atoms with van der Waals surface area (Å²) in [5.74, 6) is 1.03. The number of hydrogen-bond acceptors (Lipinski definition) is 6. The van der Waals surface area contributed by atoms with E-state index in [0.29, 0.717) is 0 Å². The molecule has 0 amide bonds. The van der Waals surface area contributed by atoms with Gasteiger partial charge in [-0.05, 0) is 45.4 Å². The van der Waals surface area contributed by atoms with Gasteiger partial charge in [-0.25, -0.2) is 4.99 Å². The van der Waals surface area contributed by atoms with Crippen molar-refractivity contribution < 1.29 is 5.11 Å². The molecule has 1 saturated heterocycles. The third kappa shape index (κ3) is 3.63. The molecule has 2 aliphatic heterocycles. The second-order valence-electron chi connectivity index (χ2n) is 7.79. The summed E-state index contributed by atoms with van der Waals surface area (Å²) in [5.41, 5.74) is 2.52. The Morgan fingerprint density at radius 3 is 2.96 bits per heavy atom. The fourth-order valence-electron chi connectivity index (χ4n) is 3.75. The Balaban J connectivity index is 1.70. The first-order valence-corrected chi connectivity index (χ1v) is 9.97. The van der Waals surface area contributed by atoms with Crippen LogP contribution in [0.5, 0.6) is 0 Å². The lowest BCUT2D eigenvalue weighted by Crippen LogP contribution is -2.54. The molecule has 1 aromatic heterocycles. The number of para-hydroxylation sites is 2. The van der Waals surface area contributed by atoms with Crippen molar-refractivity contribution in [3.63, 3.8) is 0 Å². The van der Waals surface area contributed by atoms with Crippen molar-refractivity contribution in [1.29, 1.82) is 0 Å². The average Bonchev–Trinajstić information content (AvgIpc) is 2.85. The summed E-state index contributed by atoms with van der Waals surface area (Å²) in [6.45, 7) is 8.54. The van der Waals surface area contributed by atoms with Crippen LogP contribution in [-0.4, -0.2) is 47.1 Å². The molecule has 26 heavy (non-hydrogen) atoms. The van der Waals surface area contributed by atoms with E-state index in [1.54, 1.807) is 11.3 Å². The highest BCUT2D eigenvalue weighted by atomic mass is 32.1. The number of anilines is 2. The molecule has 0 bridgehead atoms. The molecule has 1 aromatic carbocycles. The Kier molecular flexibility index (Phi) is 4.50. The van der Waals surface area contributed by atoms with E-state index >= 15 is 0 Å². The Morgan fingerprint density at radius 1 is 1.35 bits per heavy atom. The smallest absolute Gasteiger partial charge is 0.139 e. The largest absolute Gasteiger partial charge is 0.390 e. The van der Waals surface area contributed by atoms with Crippen LogP contribution in [-0.2, 0) is 0 Å². The van der Waals surface area contributed by atoms with Crippen molar-refractivity contribution in [1.82, 2.24) is 10.2 Å². The van der Waals surface area contributed by atoms with Gasteiger partial charge in [0.1, 0.15) is 10.8 Å². The normalized spacial score (nSPS) is 19.9. The molecule has 138 valence electrons. The second-order valence-corrected chi connectivity index (χ2v) is 9.05. The van der Waals surface area contributed by atoms with Gasteiger partial charge in [0.15, 0.2) is 0 Å². The van der Waals surface area contributed by atoms with Gasteiger partial charge in [-0.3, -0.25) is 0 Å². The van der Waals surface area contributed by atoms with E-state index in [1.807, 2.05) is 26.0 Å². The highest BCUT2D eigenvalue weighted by molar-refractivity contribution is 7.16. The van der Waals surface area contributed by atoms with Crippen LogP contribution in [0.2, 0.25) is 0 Å². The maximum absolute atomic E-state index is 10.2. The molecule has 0 saturated carbocycles. The number of piperazine rings is 1. The number of nitrogens with zero attached hydrogens (tertiary/aromatic N) is 2. The van der Waals surface area contributed by atoms with Crippen LogP contribution in [0.25, 0.3) is 0 Å². The van der Waals surface area contributed by atoms with Crippen molar-refractivity contribution in [2.24, 2.45) is 4.99 Å². The first kappa shape index (κ1) is 17.5. The number of fused-ring (bicyclic) bond motifs is 2. The topological polar surface area (TPSA) is 59.9 Å². The highest BCUT2D eigenvalue weighted by Crippen LogP contribution is 2.39. The van der Waals surface area contributed by atoms with Gasteiger partial charge >= 0.3 is 0 Å². The van der Waals surface area contributed by atoms with Gasteiger partial charge in [-0.2, -0.15) is 0 Å². The average molecular weight is 371 g/mol. The van der Waals surface area contributed by atoms with Crippen molar-refractivity contribution in [2.75, 3.05) is 25.0 Å². The van der Waals surface area contributed by atoms with E-state index in [4.69, 9.17) is 4.99 Å². The number of hydrogen-bond donors (Lipinski definition) is 3. The van der Waals surface area contributed by atoms with Crippen LogP contribution in [0, 0.1) is 6.92 Å². The summed E-state index contributed by atoms with van der Waals surface area (Å²) in [5, 5.41) is 18.5. The van der Waals surface area contributed by atoms with Crippen LogP contribution in [0.4, 0.5) is 16.4 Å². The van der Waals surface area contributed by atoms with E-state index in [2.05, 4.69) is 40.7 Å². The van der Waals surface area contributed by atoms with Crippen molar-refractivity contribution in [3.8, 4) is 0 Å². The molecule has 5 nitrogen and oxygen atoms in total. The maximum Gasteiger partial charge on any atom is 0.139 e. The summed E-state index contributed by atoms with van der Waals surface area (Å²) in [6.07, 6.45) is 0.723. The van der Waals surface area contributed by atoms with Crippen molar-refractivity contribution in [2.45, 2.75) is 38.8 Å². The zero-order valence-electron chi connectivity index (χ0n) is 15.5. The highest BCUT2D eigenvalue weighted by Gasteiger charge is 2.29. The molecular weight excluding hydrogens is 344 g/mol. The molecule has 3 N–H and O–H groups in total. The minimum absolute atomic E-state index is 0.251. The molecule has 2 aliphatic rings. The predicted octanol–water partition coefficient (Wildman–Crippen LogP) is 3.63. The number of amidine groups is 1. The van der Waals surface area contributed by atoms with E-state index < -0.39 is 5.60 Å². The molecule has 6 heteroatoms. The van der Waals surface area contributed by atoms with Crippen molar-refractivity contribution in [3.05, 3.63) is 40.8 Å². The first-order valence-electron chi connectivity index (χ1n) is 9.15. The molecule has 1 fully saturated rings. The van der Waals surface area contributed by atoms with Gasteiger partial charge in [0.25, 0.3) is 0 Å². The van der Waals surface area contributed by atoms with E-state index in [0.717, 1.165) is 48.3 Å². The van der Waals surface area contributed by atoms with Crippen LogP contribution >= 0.6 is 11.3 Å². The monoisotopic (exact) mass is 370 g/mol. The SMILES string of the molecule is Cc1cc2c(s1)Nc1ccccc1N=C2N1CCNC(CC(C)(C)O)C1. The molecule has 2 aromatic rings. The Labute approximate surface area is 158 Å². The van der Waals surface area contributed by atoms with E-state index in [-0.39, 0.29) is 6.04 Å². The second kappa shape index (κ2) is 6.68.